The first-order chi connectivity index (χ1) is 9.54. The number of hydrogen-bond donors (Lipinski definition) is 0. The minimum atomic E-state index is -0.714. The number of methoxy groups -OCH3 is 1. The van der Waals surface area contributed by atoms with Crippen LogP contribution in [0.4, 0.5) is 0 Å². The van der Waals surface area contributed by atoms with Crippen molar-refractivity contribution in [1.29, 1.82) is 0 Å². The average molecular weight is 279 g/mol. The second kappa shape index (κ2) is 5.96. The van der Waals surface area contributed by atoms with Crippen molar-refractivity contribution in [3.63, 3.8) is 0 Å². The molecule has 1 amide bonds. The normalized spacial score (nSPS) is 18.8. The third-order valence-electron chi connectivity index (χ3n) is 3.19. The molecule has 0 bridgehead atoms. The second-order valence-corrected chi connectivity index (χ2v) is 4.60. The van der Waals surface area contributed by atoms with E-state index in [0.717, 1.165) is 0 Å². The van der Waals surface area contributed by atoms with Crippen LogP contribution in [-0.4, -0.2) is 59.9 Å². The zero-order chi connectivity index (χ0) is 14.7. The number of aryl methyl sites for hydroxylation is 2. The Morgan fingerprint density at radius 1 is 1.40 bits per heavy atom. The fourth-order valence-corrected chi connectivity index (χ4v) is 2.10. The minimum absolute atomic E-state index is 0.148. The van der Waals surface area contributed by atoms with Crippen molar-refractivity contribution in [3.8, 4) is 0 Å². The summed E-state index contributed by atoms with van der Waals surface area (Å²) in [6, 6.07) is 0.961. The number of carbonyl (C=O) groups excluding carboxylic acids is 2. The molecule has 0 saturated carbocycles. The van der Waals surface area contributed by atoms with E-state index < -0.39 is 12.0 Å². The van der Waals surface area contributed by atoms with Gasteiger partial charge in [-0.15, -0.1) is 0 Å². The molecule has 1 aromatic heterocycles. The van der Waals surface area contributed by atoms with Gasteiger partial charge in [0.25, 0.3) is 5.91 Å². The standard InChI is InChI=1S/C13H17N3O4/c1-8-6-10(9(2)15-14-8)12(17)16-4-5-20-7-11(16)13(18)19-3/h6,11H,4-5,7H2,1-3H3. The largest absolute Gasteiger partial charge is 0.467 e. The van der Waals surface area contributed by atoms with E-state index in [1.807, 2.05) is 0 Å². The van der Waals surface area contributed by atoms with Gasteiger partial charge in [0.05, 0.1) is 37.3 Å². The number of carbonyl (C=O) groups is 2. The third-order valence-corrected chi connectivity index (χ3v) is 3.19. The maximum atomic E-state index is 12.6. The Balaban J connectivity index is 2.30. The van der Waals surface area contributed by atoms with Crippen molar-refractivity contribution in [2.75, 3.05) is 26.9 Å². The third kappa shape index (κ3) is 2.77. The van der Waals surface area contributed by atoms with Crippen LogP contribution in [0.5, 0.6) is 0 Å². The lowest BCUT2D eigenvalue weighted by Crippen LogP contribution is -2.53. The van der Waals surface area contributed by atoms with Crippen molar-refractivity contribution >= 4 is 11.9 Å². The smallest absolute Gasteiger partial charge is 0.331 e. The van der Waals surface area contributed by atoms with E-state index in [0.29, 0.717) is 30.1 Å². The minimum Gasteiger partial charge on any atom is -0.467 e. The van der Waals surface area contributed by atoms with Gasteiger partial charge in [-0.1, -0.05) is 0 Å². The van der Waals surface area contributed by atoms with Gasteiger partial charge < -0.3 is 14.4 Å². The molecule has 2 heterocycles. The summed E-state index contributed by atoms with van der Waals surface area (Å²) >= 11 is 0. The molecule has 0 radical (unpaired) electrons. The summed E-state index contributed by atoms with van der Waals surface area (Å²) in [4.78, 5) is 25.8. The van der Waals surface area contributed by atoms with E-state index in [1.165, 1.54) is 12.0 Å². The molecule has 0 aromatic carbocycles. The summed E-state index contributed by atoms with van der Waals surface area (Å²) in [5.74, 6) is -0.728. The molecule has 7 nitrogen and oxygen atoms in total. The Morgan fingerprint density at radius 3 is 2.85 bits per heavy atom. The maximum Gasteiger partial charge on any atom is 0.331 e. The van der Waals surface area contributed by atoms with Crippen molar-refractivity contribution in [2.24, 2.45) is 0 Å². The SMILES string of the molecule is COC(=O)C1COCCN1C(=O)c1cc(C)nnc1C. The molecule has 2 rings (SSSR count). The Hall–Kier alpha value is -2.02. The van der Waals surface area contributed by atoms with Gasteiger partial charge in [0, 0.05) is 6.54 Å². The molecule has 1 aliphatic rings. The van der Waals surface area contributed by atoms with Gasteiger partial charge in [-0.05, 0) is 19.9 Å². The quantitative estimate of drug-likeness (QED) is 0.715. The molecule has 108 valence electrons. The van der Waals surface area contributed by atoms with Crippen molar-refractivity contribution in [1.82, 2.24) is 15.1 Å². The fraction of sp³-hybridized carbons (Fsp3) is 0.538. The van der Waals surface area contributed by atoms with Crippen molar-refractivity contribution < 1.29 is 19.1 Å². The monoisotopic (exact) mass is 279 g/mol. The highest BCUT2D eigenvalue weighted by Gasteiger charge is 2.34. The van der Waals surface area contributed by atoms with Crippen LogP contribution in [0.1, 0.15) is 21.7 Å². The van der Waals surface area contributed by atoms with E-state index in [-0.39, 0.29) is 12.5 Å². The molecule has 20 heavy (non-hydrogen) atoms. The molecular formula is C13H17N3O4. The number of amides is 1. The number of nitrogens with zero attached hydrogens (tertiary/aromatic N) is 3. The molecule has 0 aliphatic carbocycles. The summed E-state index contributed by atoms with van der Waals surface area (Å²) < 4.78 is 9.97. The summed E-state index contributed by atoms with van der Waals surface area (Å²) in [6.45, 7) is 4.37. The van der Waals surface area contributed by atoms with Gasteiger partial charge in [-0.25, -0.2) is 4.79 Å². The molecule has 1 atom stereocenters. The molecule has 1 aliphatic heterocycles. The van der Waals surface area contributed by atoms with E-state index in [2.05, 4.69) is 10.2 Å². The Kier molecular flexibility index (Phi) is 4.29. The molecule has 0 spiro atoms. The Bertz CT molecular complexity index is 532. The number of rotatable bonds is 2. The molecule has 1 fully saturated rings. The van der Waals surface area contributed by atoms with Gasteiger partial charge in [0.15, 0.2) is 6.04 Å². The van der Waals surface area contributed by atoms with Crippen molar-refractivity contribution in [3.05, 3.63) is 23.0 Å². The number of esters is 1. The Labute approximate surface area is 116 Å². The van der Waals surface area contributed by atoms with Gasteiger partial charge >= 0.3 is 5.97 Å². The fourth-order valence-electron chi connectivity index (χ4n) is 2.10. The van der Waals surface area contributed by atoms with Crippen LogP contribution >= 0.6 is 0 Å². The summed E-state index contributed by atoms with van der Waals surface area (Å²) in [5, 5.41) is 7.84. The zero-order valence-corrected chi connectivity index (χ0v) is 11.8. The lowest BCUT2D eigenvalue weighted by molar-refractivity contribution is -0.151. The van der Waals surface area contributed by atoms with Crippen LogP contribution in [0.25, 0.3) is 0 Å². The first-order valence-corrected chi connectivity index (χ1v) is 6.32. The van der Waals surface area contributed by atoms with E-state index in [9.17, 15) is 9.59 Å². The zero-order valence-electron chi connectivity index (χ0n) is 11.8. The predicted molar refractivity (Wildman–Crippen MR) is 69.2 cm³/mol. The molecule has 1 saturated heterocycles. The van der Waals surface area contributed by atoms with Crippen molar-refractivity contribution in [2.45, 2.75) is 19.9 Å². The highest BCUT2D eigenvalue weighted by molar-refractivity contribution is 5.97. The maximum absolute atomic E-state index is 12.6. The topological polar surface area (TPSA) is 81.6 Å². The number of ether oxygens (including phenoxy) is 2. The van der Waals surface area contributed by atoms with Crippen LogP contribution in [-0.2, 0) is 14.3 Å². The van der Waals surface area contributed by atoms with Crippen LogP contribution in [0, 0.1) is 13.8 Å². The van der Waals surface area contributed by atoms with Crippen LogP contribution in [0.3, 0.4) is 0 Å². The second-order valence-electron chi connectivity index (χ2n) is 4.60. The molecule has 7 heteroatoms. The van der Waals surface area contributed by atoms with Crippen LogP contribution < -0.4 is 0 Å². The number of morpholine rings is 1. The lowest BCUT2D eigenvalue weighted by atomic mass is 10.1. The highest BCUT2D eigenvalue weighted by Crippen LogP contribution is 2.15. The first-order valence-electron chi connectivity index (χ1n) is 6.32. The molecular weight excluding hydrogens is 262 g/mol. The molecule has 1 aromatic rings. The number of aromatic nitrogens is 2. The first kappa shape index (κ1) is 14.4. The Morgan fingerprint density at radius 2 is 2.15 bits per heavy atom. The van der Waals surface area contributed by atoms with Crippen LogP contribution in [0.15, 0.2) is 6.07 Å². The highest BCUT2D eigenvalue weighted by atomic mass is 16.5. The number of hydrogen-bond acceptors (Lipinski definition) is 6. The van der Waals surface area contributed by atoms with Gasteiger partial charge in [-0.2, -0.15) is 10.2 Å². The molecule has 1 unspecified atom stereocenters. The van der Waals surface area contributed by atoms with E-state index >= 15 is 0 Å². The summed E-state index contributed by atoms with van der Waals surface area (Å²) in [7, 11) is 1.29. The van der Waals surface area contributed by atoms with E-state index in [1.54, 1.807) is 19.9 Å². The van der Waals surface area contributed by atoms with E-state index in [4.69, 9.17) is 9.47 Å². The molecule has 0 N–H and O–H groups in total. The van der Waals surface area contributed by atoms with Gasteiger partial charge in [0.2, 0.25) is 0 Å². The van der Waals surface area contributed by atoms with Crippen LogP contribution in [0.2, 0.25) is 0 Å². The summed E-state index contributed by atoms with van der Waals surface area (Å²) in [6.07, 6.45) is 0. The summed E-state index contributed by atoms with van der Waals surface area (Å²) in [5.41, 5.74) is 1.64. The average Bonchev–Trinajstić information content (AvgIpc) is 2.48. The predicted octanol–water partition coefficient (Wildman–Crippen LogP) is 0.107. The van der Waals surface area contributed by atoms with Gasteiger partial charge in [-0.3, -0.25) is 4.79 Å². The lowest BCUT2D eigenvalue weighted by Gasteiger charge is -2.33. The van der Waals surface area contributed by atoms with Gasteiger partial charge in [0.1, 0.15) is 0 Å².